The van der Waals surface area contributed by atoms with E-state index in [4.69, 9.17) is 19.6 Å². The molecule has 10 nitrogen and oxygen atoms in total. The Morgan fingerprint density at radius 3 is 2.23 bits per heavy atom. The molecule has 22 heavy (non-hydrogen) atoms. The zero-order valence-corrected chi connectivity index (χ0v) is 13.8. The molecule has 6 N–H and O–H groups in total. The Morgan fingerprint density at radius 1 is 1.23 bits per heavy atom. The molecule has 1 rings (SSSR count). The van der Waals surface area contributed by atoms with Crippen LogP contribution in [0.25, 0.3) is 0 Å². The maximum Gasteiger partial charge on any atom is 0.524 e. The number of hydrogen-bond acceptors (Lipinski definition) is 6. The maximum atomic E-state index is 11.2. The second-order valence-electron chi connectivity index (χ2n) is 5.15. The number of aromatic nitrogens is 1. The van der Waals surface area contributed by atoms with Gasteiger partial charge in [-0.05, 0) is 20.8 Å². The van der Waals surface area contributed by atoms with Crippen LogP contribution in [0, 0.1) is 0 Å². The van der Waals surface area contributed by atoms with E-state index in [-0.39, 0.29) is 5.56 Å². The molecule has 0 saturated carbocycles. The first kappa shape index (κ1) is 19.1. The lowest BCUT2D eigenvalue weighted by atomic mass is 9.93. The van der Waals surface area contributed by atoms with E-state index < -0.39 is 38.2 Å². The number of nitrogens with zero attached hydrogens (tertiary/aromatic N) is 1. The molecule has 0 bridgehead atoms. The van der Waals surface area contributed by atoms with Crippen LogP contribution < -0.4 is 9.84 Å². The molecule has 0 aliphatic carbocycles. The number of phosphoric ester groups is 1. The molecule has 1 heterocycles. The highest BCUT2D eigenvalue weighted by Crippen LogP contribution is 2.46. The summed E-state index contributed by atoms with van der Waals surface area (Å²) in [5.74, 6) is -2.11. The molecule has 1 unspecified atom stereocenters. The summed E-state index contributed by atoms with van der Waals surface area (Å²) in [4.78, 5) is 39.6. The third-order valence-electron chi connectivity index (χ3n) is 2.81. The minimum Gasteiger partial charge on any atom is -0.506 e. The van der Waals surface area contributed by atoms with Gasteiger partial charge in [0, 0.05) is 5.54 Å². The Balaban J connectivity index is 3.29. The van der Waals surface area contributed by atoms with Gasteiger partial charge in [0.05, 0.1) is 18.0 Å². The zero-order valence-electron chi connectivity index (χ0n) is 12.0. The highest BCUT2D eigenvalue weighted by Gasteiger charge is 2.36. The van der Waals surface area contributed by atoms with Crippen molar-refractivity contribution in [3.8, 4) is 11.5 Å². The topological polar surface area (TPSA) is 169 Å². The van der Waals surface area contributed by atoms with Gasteiger partial charge in [-0.25, -0.2) is 4.57 Å². The zero-order chi connectivity index (χ0) is 17.3. The lowest BCUT2D eigenvalue weighted by molar-refractivity contribution is 0.272. The first-order valence-corrected chi connectivity index (χ1v) is 9.21. The van der Waals surface area contributed by atoms with Crippen LogP contribution in [0.4, 0.5) is 0 Å². The van der Waals surface area contributed by atoms with Gasteiger partial charge in [0.25, 0.3) is 0 Å². The van der Waals surface area contributed by atoms with Crippen molar-refractivity contribution in [2.75, 3.05) is 0 Å². The normalized spacial score (nSPS) is 14.7. The van der Waals surface area contributed by atoms with E-state index in [0.717, 1.165) is 12.4 Å². The highest BCUT2D eigenvalue weighted by molar-refractivity contribution is 7.52. The monoisotopic (exact) mass is 356 g/mol. The smallest absolute Gasteiger partial charge is 0.506 e. The summed E-state index contributed by atoms with van der Waals surface area (Å²) in [5.41, 5.74) is -1.37. The van der Waals surface area contributed by atoms with Crippen molar-refractivity contribution in [2.24, 2.45) is 0 Å². The van der Waals surface area contributed by atoms with Gasteiger partial charge in [-0.1, -0.05) is 0 Å². The number of rotatable bonds is 6. The summed E-state index contributed by atoms with van der Waals surface area (Å²) in [6.07, 6.45) is 2.01. The van der Waals surface area contributed by atoms with Gasteiger partial charge < -0.3 is 19.4 Å². The quantitative estimate of drug-likeness (QED) is 0.397. The summed E-state index contributed by atoms with van der Waals surface area (Å²) >= 11 is 0. The second-order valence-corrected chi connectivity index (χ2v) is 8.26. The third kappa shape index (κ3) is 5.03. The molecule has 0 spiro atoms. The van der Waals surface area contributed by atoms with Crippen molar-refractivity contribution in [1.82, 2.24) is 10.3 Å². The van der Waals surface area contributed by atoms with Crippen molar-refractivity contribution in [2.45, 2.75) is 32.1 Å². The summed E-state index contributed by atoms with van der Waals surface area (Å²) in [5, 5.41) is 12.5. The molecule has 0 aromatic carbocycles. The molecule has 1 atom stereocenters. The van der Waals surface area contributed by atoms with Crippen molar-refractivity contribution >= 4 is 15.4 Å². The molecule has 0 fully saturated rings. The van der Waals surface area contributed by atoms with E-state index in [1.54, 1.807) is 0 Å². The first-order valence-electron chi connectivity index (χ1n) is 5.99. The molecule has 1 aromatic rings. The minimum absolute atomic E-state index is 0.0916. The van der Waals surface area contributed by atoms with Gasteiger partial charge in [0.15, 0.2) is 5.75 Å². The van der Waals surface area contributed by atoms with Gasteiger partial charge in [-0.15, -0.1) is 0 Å². The van der Waals surface area contributed by atoms with Crippen molar-refractivity contribution < 1.29 is 38.3 Å². The molecule has 1 aromatic heterocycles. The molecular weight excluding hydrogens is 338 g/mol. The number of hydrogen-bond donors (Lipinski definition) is 6. The average molecular weight is 356 g/mol. The Labute approximate surface area is 126 Å². The van der Waals surface area contributed by atoms with E-state index in [2.05, 4.69) is 14.8 Å². The summed E-state index contributed by atoms with van der Waals surface area (Å²) in [6, 6.07) is 0. The molecule has 0 saturated heterocycles. The van der Waals surface area contributed by atoms with E-state index in [0.29, 0.717) is 0 Å². The van der Waals surface area contributed by atoms with Gasteiger partial charge >= 0.3 is 15.4 Å². The minimum atomic E-state index is -4.90. The van der Waals surface area contributed by atoms with Gasteiger partial charge in [-0.3, -0.25) is 24.7 Å². The van der Waals surface area contributed by atoms with Crippen LogP contribution in [0.2, 0.25) is 0 Å². The van der Waals surface area contributed by atoms with Gasteiger partial charge in [0.1, 0.15) is 11.5 Å². The summed E-state index contributed by atoms with van der Waals surface area (Å²) in [7, 11) is -9.35. The van der Waals surface area contributed by atoms with E-state index in [1.165, 1.54) is 20.8 Å². The maximum absolute atomic E-state index is 11.2. The summed E-state index contributed by atoms with van der Waals surface area (Å²) < 4.78 is 26.7. The Bertz CT molecular complexity index is 638. The first-order chi connectivity index (χ1) is 9.74. The van der Waals surface area contributed by atoms with Crippen LogP contribution in [0.1, 0.15) is 26.3 Å². The average Bonchev–Trinajstić information content (AvgIpc) is 2.23. The molecule has 12 heteroatoms. The van der Waals surface area contributed by atoms with E-state index in [1.807, 2.05) is 0 Å². The number of phosphoric acid groups is 1. The highest BCUT2D eigenvalue weighted by atomic mass is 31.2. The third-order valence-corrected chi connectivity index (χ3v) is 4.38. The predicted molar refractivity (Wildman–Crippen MR) is 76.2 cm³/mol. The lowest BCUT2D eigenvalue weighted by Gasteiger charge is -2.32. The second kappa shape index (κ2) is 6.25. The number of aromatic hydroxyl groups is 1. The number of nitrogens with one attached hydrogen (secondary N) is 1. The summed E-state index contributed by atoms with van der Waals surface area (Å²) in [6.45, 7) is 4.16. The SMILES string of the molecule is CC(NC(C)(C)c1c(O)cncc1OP(=O)(O)O)P(=O)(O)O. The fourth-order valence-corrected chi connectivity index (χ4v) is 2.82. The van der Waals surface area contributed by atoms with Crippen LogP contribution >= 0.6 is 15.4 Å². The van der Waals surface area contributed by atoms with Crippen LogP contribution in [0.15, 0.2) is 12.4 Å². The Hall–Kier alpha value is -0.990. The molecule has 126 valence electrons. The van der Waals surface area contributed by atoms with Crippen molar-refractivity contribution in [1.29, 1.82) is 0 Å². The van der Waals surface area contributed by atoms with E-state index >= 15 is 0 Å². The van der Waals surface area contributed by atoms with Gasteiger partial charge in [0.2, 0.25) is 0 Å². The predicted octanol–water partition coefficient (Wildman–Crippen LogP) is 0.607. The molecule has 0 amide bonds. The van der Waals surface area contributed by atoms with Crippen molar-refractivity contribution in [3.05, 3.63) is 18.0 Å². The molecular formula is C10H18N2O8P2. The van der Waals surface area contributed by atoms with Gasteiger partial charge in [-0.2, -0.15) is 0 Å². The van der Waals surface area contributed by atoms with E-state index in [9.17, 15) is 14.2 Å². The molecule has 0 aliphatic heterocycles. The standard InChI is InChI=1S/C10H18N2O8P2/c1-6(21(14,15)16)12-10(2,3)9-7(13)4-11-5-8(9)20-22(17,18)19/h4-6,12-13H,1-3H3,(H2,14,15,16)(H2,17,18,19). The van der Waals surface area contributed by atoms with Crippen LogP contribution in [0.3, 0.4) is 0 Å². The Morgan fingerprint density at radius 2 is 1.77 bits per heavy atom. The molecule has 0 radical (unpaired) electrons. The molecule has 0 aliphatic rings. The van der Waals surface area contributed by atoms with Crippen molar-refractivity contribution in [3.63, 3.8) is 0 Å². The van der Waals surface area contributed by atoms with Crippen LogP contribution in [-0.2, 0) is 14.7 Å². The Kier molecular flexibility index (Phi) is 5.42. The largest absolute Gasteiger partial charge is 0.524 e. The van der Waals surface area contributed by atoms with Crippen LogP contribution in [-0.4, -0.2) is 35.4 Å². The lowest BCUT2D eigenvalue weighted by Crippen LogP contribution is -2.42. The fourth-order valence-electron chi connectivity index (χ4n) is 1.93. The van der Waals surface area contributed by atoms with Crippen LogP contribution in [0.5, 0.6) is 11.5 Å². The number of pyridine rings is 1. The fraction of sp³-hybridized carbons (Fsp3) is 0.500.